The molecule has 1 fully saturated rings. The van der Waals surface area contributed by atoms with Gasteiger partial charge in [-0.15, -0.1) is 0 Å². The van der Waals surface area contributed by atoms with Crippen LogP contribution in [0.2, 0.25) is 0 Å². The average molecular weight is 573 g/mol. The molecule has 10 nitrogen and oxygen atoms in total. The van der Waals surface area contributed by atoms with Crippen LogP contribution in [0.5, 0.6) is 23.0 Å². The number of aliphatic hydroxyl groups excluding tert-OH is 1. The first-order chi connectivity index (χ1) is 19.8. The van der Waals surface area contributed by atoms with E-state index in [1.807, 2.05) is 18.7 Å². The maximum absolute atomic E-state index is 13.3. The van der Waals surface area contributed by atoms with Gasteiger partial charge in [0.2, 0.25) is 11.8 Å². The van der Waals surface area contributed by atoms with Crippen LogP contribution in [0.3, 0.4) is 0 Å². The molecule has 2 unspecified atom stereocenters. The number of phenols is 3. The Morgan fingerprint density at radius 1 is 0.878 bits per heavy atom. The Kier molecular flexibility index (Phi) is 12.6. The number of piperidine rings is 1. The van der Waals surface area contributed by atoms with Gasteiger partial charge in [-0.25, -0.2) is 0 Å². The first kappa shape index (κ1) is 32.0. The smallest absolute Gasteiger partial charge is 0.226 e. The Morgan fingerprint density at radius 2 is 1.51 bits per heavy atom. The summed E-state index contributed by atoms with van der Waals surface area (Å²) in [5.41, 5.74) is 1.13. The average Bonchev–Trinajstić information content (AvgIpc) is 2.97. The molecule has 0 spiro atoms. The highest BCUT2D eigenvalue weighted by Crippen LogP contribution is 2.29. The molecule has 1 heterocycles. The summed E-state index contributed by atoms with van der Waals surface area (Å²) in [4.78, 5) is 40.5. The van der Waals surface area contributed by atoms with Gasteiger partial charge in [0.05, 0.1) is 6.61 Å². The van der Waals surface area contributed by atoms with Gasteiger partial charge in [-0.05, 0) is 82.1 Å². The molecule has 0 bridgehead atoms. The lowest BCUT2D eigenvalue weighted by Crippen LogP contribution is -2.40. The fraction of sp³-hybridized carbons (Fsp3) is 0.548. The summed E-state index contributed by atoms with van der Waals surface area (Å²) in [7, 11) is 0. The largest absolute Gasteiger partial charge is 0.508 e. The van der Waals surface area contributed by atoms with Crippen LogP contribution in [0.15, 0.2) is 36.4 Å². The van der Waals surface area contributed by atoms with Gasteiger partial charge in [0.15, 0.2) is 5.75 Å². The predicted octanol–water partition coefficient (Wildman–Crippen LogP) is 3.78. The number of aromatic hydroxyl groups is 3. The van der Waals surface area contributed by atoms with Crippen molar-refractivity contribution in [3.05, 3.63) is 47.5 Å². The van der Waals surface area contributed by atoms with Crippen LogP contribution in [-0.4, -0.2) is 81.4 Å². The molecule has 1 aliphatic rings. The summed E-state index contributed by atoms with van der Waals surface area (Å²) in [5.74, 6) is -0.825. The topological polar surface area (TPSA) is 140 Å². The van der Waals surface area contributed by atoms with Gasteiger partial charge < -0.3 is 35.1 Å². The second-order valence-corrected chi connectivity index (χ2v) is 10.5. The molecule has 41 heavy (non-hydrogen) atoms. The Labute approximate surface area is 242 Å². The van der Waals surface area contributed by atoms with E-state index < -0.39 is 11.8 Å². The number of carbonyl (C=O) groups is 2. The highest BCUT2D eigenvalue weighted by Gasteiger charge is 2.27. The van der Waals surface area contributed by atoms with Crippen LogP contribution in [0.4, 0.5) is 0 Å². The van der Waals surface area contributed by atoms with Crippen molar-refractivity contribution in [1.82, 2.24) is 9.80 Å². The number of phenolic OH excluding ortho intramolecular Hbond substituents is 3. The summed E-state index contributed by atoms with van der Waals surface area (Å²) in [6.07, 6.45) is 4.25. The van der Waals surface area contributed by atoms with E-state index in [0.717, 1.165) is 19.3 Å². The number of rotatable bonds is 15. The van der Waals surface area contributed by atoms with E-state index in [1.165, 1.54) is 18.2 Å². The Bertz CT molecular complexity index is 1130. The third kappa shape index (κ3) is 9.26. The van der Waals surface area contributed by atoms with E-state index in [9.17, 15) is 30.0 Å². The van der Waals surface area contributed by atoms with E-state index in [0.29, 0.717) is 56.6 Å². The minimum absolute atomic E-state index is 0.000496. The van der Waals surface area contributed by atoms with E-state index in [4.69, 9.17) is 9.78 Å². The minimum Gasteiger partial charge on any atom is -0.508 e. The van der Waals surface area contributed by atoms with Crippen LogP contribution in [0, 0.1) is 11.8 Å². The third-order valence-corrected chi connectivity index (χ3v) is 7.68. The maximum atomic E-state index is 13.3. The highest BCUT2D eigenvalue weighted by molar-refractivity contribution is 5.80. The van der Waals surface area contributed by atoms with Crippen molar-refractivity contribution in [2.24, 2.45) is 11.8 Å². The molecule has 2 atom stereocenters. The molecule has 1 aliphatic heterocycles. The Hall–Kier alpha value is -3.50. The normalized spacial score (nSPS) is 14.9. The van der Waals surface area contributed by atoms with Crippen molar-refractivity contribution in [2.75, 3.05) is 39.4 Å². The van der Waals surface area contributed by atoms with E-state index in [2.05, 4.69) is 0 Å². The zero-order valence-corrected chi connectivity index (χ0v) is 24.1. The van der Waals surface area contributed by atoms with Gasteiger partial charge in [0, 0.05) is 56.8 Å². The number of amides is 2. The number of nitrogens with zero attached hydrogens (tertiary/aromatic N) is 2. The third-order valence-electron chi connectivity index (χ3n) is 7.68. The predicted molar refractivity (Wildman–Crippen MR) is 154 cm³/mol. The van der Waals surface area contributed by atoms with Gasteiger partial charge in [-0.1, -0.05) is 12.1 Å². The second-order valence-electron chi connectivity index (χ2n) is 10.5. The molecule has 0 saturated carbocycles. The first-order valence-corrected chi connectivity index (χ1v) is 14.6. The van der Waals surface area contributed by atoms with Gasteiger partial charge in [0.25, 0.3) is 0 Å². The molecule has 0 radical (unpaired) electrons. The summed E-state index contributed by atoms with van der Waals surface area (Å²) >= 11 is 0. The van der Waals surface area contributed by atoms with Crippen molar-refractivity contribution in [3.63, 3.8) is 0 Å². The van der Waals surface area contributed by atoms with E-state index >= 15 is 0 Å². The van der Waals surface area contributed by atoms with E-state index in [1.54, 1.807) is 23.1 Å². The molecule has 1 saturated heterocycles. The van der Waals surface area contributed by atoms with Gasteiger partial charge in [-0.3, -0.25) is 9.59 Å². The lowest BCUT2D eigenvalue weighted by molar-refractivity contribution is -0.209. The lowest BCUT2D eigenvalue weighted by atomic mass is 9.93. The number of likely N-dealkylation sites (tertiary alicyclic amines) is 1. The molecule has 10 heteroatoms. The molecule has 226 valence electrons. The quantitative estimate of drug-likeness (QED) is 0.144. The van der Waals surface area contributed by atoms with Crippen LogP contribution in [0.25, 0.3) is 0 Å². The molecule has 3 rings (SSSR count). The zero-order chi connectivity index (χ0) is 29.8. The van der Waals surface area contributed by atoms with Gasteiger partial charge >= 0.3 is 0 Å². The van der Waals surface area contributed by atoms with Crippen LogP contribution in [-0.2, 0) is 27.3 Å². The minimum atomic E-state index is -0.449. The van der Waals surface area contributed by atoms with Crippen LogP contribution in [0.1, 0.15) is 57.1 Å². The molecule has 0 aromatic heterocycles. The zero-order valence-electron chi connectivity index (χ0n) is 24.1. The number of hydrogen-bond donors (Lipinski definition) is 4. The monoisotopic (exact) mass is 572 g/mol. The molecule has 2 amide bonds. The summed E-state index contributed by atoms with van der Waals surface area (Å²) in [5, 5.41) is 40.0. The number of hydrogen-bond acceptors (Lipinski definition) is 8. The fourth-order valence-electron chi connectivity index (χ4n) is 5.27. The summed E-state index contributed by atoms with van der Waals surface area (Å²) < 4.78 is 0. The van der Waals surface area contributed by atoms with E-state index in [-0.39, 0.29) is 54.4 Å². The second kappa shape index (κ2) is 16.1. The lowest BCUT2D eigenvalue weighted by Gasteiger charge is -2.30. The Morgan fingerprint density at radius 3 is 2.12 bits per heavy atom. The SMILES string of the molecule is CCN(CC)C(=O)C(CCO)Cc1ccc(OOCCC(Cc2ccc(O)cc2O)C(=O)N2CCCCC2)cc1O. The number of benzene rings is 2. The molecule has 4 N–H and O–H groups in total. The maximum Gasteiger partial charge on any atom is 0.226 e. The number of aliphatic hydroxyl groups is 1. The van der Waals surface area contributed by atoms with Crippen molar-refractivity contribution in [2.45, 2.75) is 58.8 Å². The fourth-order valence-corrected chi connectivity index (χ4v) is 5.27. The molecule has 0 aliphatic carbocycles. The van der Waals surface area contributed by atoms with Crippen molar-refractivity contribution < 1.29 is 39.8 Å². The standard InChI is InChI=1S/C31H44N2O8/c1-3-32(4-2)30(38)24(12-16-34)18-23-9-11-27(21-29(23)37)41-40-17-13-25(31(39)33-14-6-5-7-15-33)19-22-8-10-26(35)20-28(22)36/h8-11,20-21,24-25,34-37H,3-7,12-19H2,1-2H3. The van der Waals surface area contributed by atoms with Crippen molar-refractivity contribution in [1.29, 1.82) is 0 Å². The van der Waals surface area contributed by atoms with Gasteiger partial charge in [0.1, 0.15) is 17.2 Å². The molecule has 2 aromatic carbocycles. The first-order valence-electron chi connectivity index (χ1n) is 14.6. The summed E-state index contributed by atoms with van der Waals surface area (Å²) in [6.45, 7) is 6.36. The van der Waals surface area contributed by atoms with Gasteiger partial charge in [-0.2, -0.15) is 4.89 Å². The highest BCUT2D eigenvalue weighted by atomic mass is 17.2. The summed E-state index contributed by atoms with van der Waals surface area (Å²) in [6, 6.07) is 9.08. The number of carbonyl (C=O) groups excluding carboxylic acids is 2. The molecular weight excluding hydrogens is 528 g/mol. The molecular formula is C31H44N2O8. The van der Waals surface area contributed by atoms with Crippen molar-refractivity contribution >= 4 is 11.8 Å². The van der Waals surface area contributed by atoms with Crippen LogP contribution < -0.4 is 4.89 Å². The Balaban J connectivity index is 1.60. The molecule has 2 aromatic rings. The van der Waals surface area contributed by atoms with Crippen LogP contribution >= 0.6 is 0 Å². The van der Waals surface area contributed by atoms with Crippen molar-refractivity contribution in [3.8, 4) is 23.0 Å².